The van der Waals surface area contributed by atoms with Gasteiger partial charge in [-0.05, 0) is 36.7 Å². The van der Waals surface area contributed by atoms with Gasteiger partial charge in [0.25, 0.3) is 0 Å². The van der Waals surface area contributed by atoms with E-state index in [0.29, 0.717) is 13.1 Å². The summed E-state index contributed by atoms with van der Waals surface area (Å²) in [5.41, 5.74) is 2.30. The fourth-order valence-electron chi connectivity index (χ4n) is 3.41. The molecule has 0 unspecified atom stereocenters. The highest BCUT2D eigenvalue weighted by Crippen LogP contribution is 2.13. The van der Waals surface area contributed by atoms with Crippen molar-refractivity contribution in [3.8, 4) is 0 Å². The van der Waals surface area contributed by atoms with E-state index in [1.165, 1.54) is 17.7 Å². The van der Waals surface area contributed by atoms with Crippen LogP contribution in [-0.4, -0.2) is 48.4 Å². The second-order valence-corrected chi connectivity index (χ2v) is 7.07. The average Bonchev–Trinajstić information content (AvgIpc) is 3.04. The molecule has 26 heavy (non-hydrogen) atoms. The highest BCUT2D eigenvalue weighted by atomic mass is 19.1. The summed E-state index contributed by atoms with van der Waals surface area (Å²) in [7, 11) is 1.90. The second kappa shape index (κ2) is 8.92. The smallest absolute Gasteiger partial charge is 0.234 e. The first-order valence-corrected chi connectivity index (χ1v) is 9.07. The Kier molecular flexibility index (Phi) is 6.36. The molecule has 3 rings (SSSR count). The lowest BCUT2D eigenvalue weighted by molar-refractivity contribution is -0.122. The van der Waals surface area contributed by atoms with Crippen LogP contribution in [0.1, 0.15) is 17.5 Å². The first kappa shape index (κ1) is 18.5. The van der Waals surface area contributed by atoms with Crippen LogP contribution < -0.4 is 5.32 Å². The minimum absolute atomic E-state index is 0.0428. The number of hydrogen-bond acceptors (Lipinski definition) is 3. The summed E-state index contributed by atoms with van der Waals surface area (Å²) in [6.45, 7) is 3.79. The molecule has 138 valence electrons. The number of carbonyl (C=O) groups excluding carboxylic acids is 1. The van der Waals surface area contributed by atoms with Gasteiger partial charge in [0.2, 0.25) is 5.91 Å². The number of nitrogens with one attached hydrogen (secondary N) is 1. The maximum Gasteiger partial charge on any atom is 0.234 e. The first-order chi connectivity index (χ1) is 12.6. The Morgan fingerprint density at radius 3 is 2.62 bits per heavy atom. The lowest BCUT2D eigenvalue weighted by Gasteiger charge is -2.19. The lowest BCUT2D eigenvalue weighted by Crippen LogP contribution is -2.42. The Bertz CT molecular complexity index is 705. The molecule has 0 bridgehead atoms. The number of halogens is 1. The van der Waals surface area contributed by atoms with Gasteiger partial charge >= 0.3 is 0 Å². The van der Waals surface area contributed by atoms with Gasteiger partial charge in [0, 0.05) is 32.2 Å². The van der Waals surface area contributed by atoms with Crippen molar-refractivity contribution in [1.29, 1.82) is 0 Å². The van der Waals surface area contributed by atoms with E-state index in [1.54, 1.807) is 12.1 Å². The van der Waals surface area contributed by atoms with E-state index in [1.807, 2.05) is 18.0 Å². The molecular formula is C21H26FN3O. The van der Waals surface area contributed by atoms with Crippen LogP contribution in [0.3, 0.4) is 0 Å². The molecule has 0 saturated carbocycles. The largest absolute Gasteiger partial charge is 0.351 e. The van der Waals surface area contributed by atoms with Crippen molar-refractivity contribution in [3.05, 3.63) is 71.5 Å². The van der Waals surface area contributed by atoms with E-state index in [2.05, 4.69) is 34.5 Å². The van der Waals surface area contributed by atoms with Gasteiger partial charge in [-0.3, -0.25) is 14.6 Å². The molecule has 0 aromatic heterocycles. The molecule has 1 aliphatic heterocycles. The first-order valence-electron chi connectivity index (χ1n) is 9.07. The third-order valence-electron chi connectivity index (χ3n) is 4.67. The van der Waals surface area contributed by atoms with Crippen LogP contribution in [-0.2, 0) is 17.9 Å². The van der Waals surface area contributed by atoms with Gasteiger partial charge in [-0.15, -0.1) is 0 Å². The van der Waals surface area contributed by atoms with Gasteiger partial charge in [-0.1, -0.05) is 42.5 Å². The van der Waals surface area contributed by atoms with E-state index >= 15 is 0 Å². The Hall–Kier alpha value is -2.24. The number of likely N-dealkylation sites (N-methyl/N-ethyl adjacent to an activating group) is 1. The summed E-state index contributed by atoms with van der Waals surface area (Å²) >= 11 is 0. The van der Waals surface area contributed by atoms with Crippen molar-refractivity contribution in [2.75, 3.05) is 26.7 Å². The van der Waals surface area contributed by atoms with E-state index in [9.17, 15) is 9.18 Å². The fraction of sp³-hybridized carbons (Fsp3) is 0.381. The Balaban J connectivity index is 1.40. The average molecular weight is 355 g/mol. The van der Waals surface area contributed by atoms with Crippen molar-refractivity contribution in [3.63, 3.8) is 0 Å². The Labute approximate surface area is 154 Å². The van der Waals surface area contributed by atoms with Crippen molar-refractivity contribution >= 4 is 5.91 Å². The predicted molar refractivity (Wildman–Crippen MR) is 101 cm³/mol. The molecule has 1 saturated heterocycles. The third-order valence-corrected chi connectivity index (χ3v) is 4.67. The number of carbonyl (C=O) groups is 1. The number of hydrogen-bond donors (Lipinski definition) is 1. The van der Waals surface area contributed by atoms with Crippen molar-refractivity contribution < 1.29 is 9.18 Å². The van der Waals surface area contributed by atoms with Crippen LogP contribution in [0.25, 0.3) is 0 Å². The molecule has 1 atom stereocenters. The zero-order valence-corrected chi connectivity index (χ0v) is 15.2. The zero-order valence-electron chi connectivity index (χ0n) is 15.2. The van der Waals surface area contributed by atoms with Gasteiger partial charge in [0.1, 0.15) is 5.82 Å². The number of nitrogens with zero attached hydrogens (tertiary/aromatic N) is 2. The lowest BCUT2D eigenvalue weighted by atomic mass is 10.2. The summed E-state index contributed by atoms with van der Waals surface area (Å²) in [6.07, 6.45) is 0.986. The number of likely N-dealkylation sites (tertiary alicyclic amines) is 1. The molecular weight excluding hydrogens is 329 g/mol. The molecule has 1 N–H and O–H groups in total. The molecule has 1 aliphatic rings. The Morgan fingerprint density at radius 1 is 1.15 bits per heavy atom. The summed E-state index contributed by atoms with van der Waals surface area (Å²) < 4.78 is 12.9. The number of benzene rings is 2. The van der Waals surface area contributed by atoms with Gasteiger partial charge in [-0.2, -0.15) is 0 Å². The molecule has 1 amide bonds. The van der Waals surface area contributed by atoms with E-state index in [-0.39, 0.29) is 17.8 Å². The van der Waals surface area contributed by atoms with Gasteiger partial charge in [-0.25, -0.2) is 4.39 Å². The van der Waals surface area contributed by atoms with Crippen molar-refractivity contribution in [1.82, 2.24) is 15.1 Å². The topological polar surface area (TPSA) is 35.6 Å². The van der Waals surface area contributed by atoms with Crippen LogP contribution in [0.15, 0.2) is 54.6 Å². The fourth-order valence-corrected chi connectivity index (χ4v) is 3.41. The summed E-state index contributed by atoms with van der Waals surface area (Å²) in [6, 6.07) is 17.0. The molecule has 2 aromatic carbocycles. The standard InChI is InChI=1S/C21H26FN3O/c1-24(13-18-7-9-19(22)10-8-18)16-21(26)23-20-11-12-25(15-20)14-17-5-3-2-4-6-17/h2-10,20H,11-16H2,1H3,(H,23,26)/t20-/m1/s1. The van der Waals surface area contributed by atoms with Crippen LogP contribution in [0.2, 0.25) is 0 Å². The minimum Gasteiger partial charge on any atom is -0.351 e. The monoisotopic (exact) mass is 355 g/mol. The van der Waals surface area contributed by atoms with E-state index < -0.39 is 0 Å². The maximum absolute atomic E-state index is 12.9. The van der Waals surface area contributed by atoms with Gasteiger partial charge in [0.15, 0.2) is 0 Å². The molecule has 0 aliphatic carbocycles. The normalized spacial score (nSPS) is 17.6. The van der Waals surface area contributed by atoms with Crippen LogP contribution in [0, 0.1) is 5.82 Å². The molecule has 1 fully saturated rings. The summed E-state index contributed by atoms with van der Waals surface area (Å²) in [5.74, 6) is -0.198. The molecule has 0 spiro atoms. The van der Waals surface area contributed by atoms with Crippen molar-refractivity contribution in [2.24, 2.45) is 0 Å². The molecule has 4 nitrogen and oxygen atoms in total. The zero-order chi connectivity index (χ0) is 18.4. The van der Waals surface area contributed by atoms with Crippen LogP contribution in [0.4, 0.5) is 4.39 Å². The van der Waals surface area contributed by atoms with Crippen LogP contribution in [0.5, 0.6) is 0 Å². The molecule has 2 aromatic rings. The summed E-state index contributed by atoms with van der Waals surface area (Å²) in [5, 5.41) is 3.14. The number of rotatable bonds is 7. The SMILES string of the molecule is CN(CC(=O)N[C@@H]1CCN(Cc2ccccc2)C1)Cc1ccc(F)cc1. The quantitative estimate of drug-likeness (QED) is 0.829. The summed E-state index contributed by atoms with van der Waals surface area (Å²) in [4.78, 5) is 16.6. The van der Waals surface area contributed by atoms with E-state index in [4.69, 9.17) is 0 Å². The predicted octanol–water partition coefficient (Wildman–Crippen LogP) is 2.65. The molecule has 1 heterocycles. The molecule has 5 heteroatoms. The maximum atomic E-state index is 12.9. The highest BCUT2D eigenvalue weighted by molar-refractivity contribution is 5.78. The second-order valence-electron chi connectivity index (χ2n) is 7.07. The Morgan fingerprint density at radius 2 is 1.88 bits per heavy atom. The highest BCUT2D eigenvalue weighted by Gasteiger charge is 2.24. The molecule has 0 radical (unpaired) electrons. The van der Waals surface area contributed by atoms with Gasteiger partial charge in [0.05, 0.1) is 6.54 Å². The number of amides is 1. The third kappa shape index (κ3) is 5.64. The van der Waals surface area contributed by atoms with E-state index in [0.717, 1.165) is 31.6 Å². The minimum atomic E-state index is -0.240. The van der Waals surface area contributed by atoms with Crippen molar-refractivity contribution in [2.45, 2.75) is 25.6 Å². The van der Waals surface area contributed by atoms with Crippen LogP contribution >= 0.6 is 0 Å². The van der Waals surface area contributed by atoms with Gasteiger partial charge < -0.3 is 5.32 Å².